The minimum absolute atomic E-state index is 0.133. The second-order valence-corrected chi connectivity index (χ2v) is 3.10. The average Bonchev–Trinajstić information content (AvgIpc) is 2.28. The highest BCUT2D eigenvalue weighted by Gasteiger charge is 2.11. The van der Waals surface area contributed by atoms with Gasteiger partial charge in [-0.2, -0.15) is 0 Å². The number of halogens is 1. The number of carbonyl (C=O) groups excluding carboxylic acids is 1. The summed E-state index contributed by atoms with van der Waals surface area (Å²) in [4.78, 5) is 11.3. The number of oxime groups is 1. The summed E-state index contributed by atoms with van der Waals surface area (Å²) >= 11 is 0. The molecule has 0 aromatic heterocycles. The Morgan fingerprint density at radius 1 is 1.56 bits per heavy atom. The largest absolute Gasteiger partial charge is 0.462 e. The highest BCUT2D eigenvalue weighted by molar-refractivity contribution is 5.99. The smallest absolute Gasteiger partial charge is 0.338 e. The standard InChI is InChI=1S/C11H12FNO3/c1-3-16-11(14)8-4-5-9(7(2)13-15)10(12)6-8/h4-6,15H,3H2,1-2H3/b13-7+. The molecule has 0 unspecified atom stereocenters. The van der Waals surface area contributed by atoms with Crippen LogP contribution < -0.4 is 0 Å². The van der Waals surface area contributed by atoms with Gasteiger partial charge in [0.2, 0.25) is 0 Å². The van der Waals surface area contributed by atoms with Gasteiger partial charge in [0.15, 0.2) is 0 Å². The van der Waals surface area contributed by atoms with E-state index in [1.165, 1.54) is 19.1 Å². The number of nitrogens with zero attached hydrogens (tertiary/aromatic N) is 1. The summed E-state index contributed by atoms with van der Waals surface area (Å²) in [5.74, 6) is -1.20. The third-order valence-corrected chi connectivity index (χ3v) is 2.02. The second-order valence-electron chi connectivity index (χ2n) is 3.10. The fraction of sp³-hybridized carbons (Fsp3) is 0.273. The van der Waals surface area contributed by atoms with Crippen molar-refractivity contribution in [3.8, 4) is 0 Å². The third kappa shape index (κ3) is 2.56. The highest BCUT2D eigenvalue weighted by Crippen LogP contribution is 2.12. The molecule has 1 aromatic carbocycles. The topological polar surface area (TPSA) is 58.9 Å². The van der Waals surface area contributed by atoms with E-state index in [1.54, 1.807) is 6.92 Å². The summed E-state index contributed by atoms with van der Waals surface area (Å²) in [6.07, 6.45) is 0. The number of benzene rings is 1. The summed E-state index contributed by atoms with van der Waals surface area (Å²) in [6.45, 7) is 3.37. The van der Waals surface area contributed by atoms with Crippen molar-refractivity contribution in [2.24, 2.45) is 5.16 Å². The molecule has 0 aliphatic rings. The van der Waals surface area contributed by atoms with Crippen molar-refractivity contribution in [1.29, 1.82) is 0 Å². The van der Waals surface area contributed by atoms with E-state index in [9.17, 15) is 9.18 Å². The van der Waals surface area contributed by atoms with Gasteiger partial charge >= 0.3 is 5.97 Å². The first-order chi connectivity index (χ1) is 7.60. The van der Waals surface area contributed by atoms with E-state index in [-0.39, 0.29) is 23.4 Å². The van der Waals surface area contributed by atoms with Gasteiger partial charge in [0.25, 0.3) is 0 Å². The molecule has 1 rings (SSSR count). The molecule has 0 spiro atoms. The number of rotatable bonds is 3. The van der Waals surface area contributed by atoms with Gasteiger partial charge in [-0.15, -0.1) is 0 Å². The third-order valence-electron chi connectivity index (χ3n) is 2.02. The van der Waals surface area contributed by atoms with E-state index in [4.69, 9.17) is 9.94 Å². The monoisotopic (exact) mass is 225 g/mol. The molecule has 0 aliphatic carbocycles. The minimum Gasteiger partial charge on any atom is -0.462 e. The first kappa shape index (κ1) is 12.2. The Morgan fingerprint density at radius 3 is 2.75 bits per heavy atom. The molecule has 0 atom stereocenters. The molecule has 4 nitrogen and oxygen atoms in total. The summed E-state index contributed by atoms with van der Waals surface area (Å²) in [7, 11) is 0. The van der Waals surface area contributed by atoms with Gasteiger partial charge in [0.1, 0.15) is 5.82 Å². The van der Waals surface area contributed by atoms with Gasteiger partial charge in [-0.25, -0.2) is 9.18 Å². The quantitative estimate of drug-likeness (QED) is 0.371. The Bertz CT molecular complexity index is 429. The van der Waals surface area contributed by atoms with E-state index in [0.717, 1.165) is 6.07 Å². The normalized spacial score (nSPS) is 11.3. The molecule has 0 saturated carbocycles. The maximum atomic E-state index is 13.5. The zero-order chi connectivity index (χ0) is 12.1. The molecule has 1 N–H and O–H groups in total. The number of hydrogen-bond donors (Lipinski definition) is 1. The lowest BCUT2D eigenvalue weighted by Gasteiger charge is -2.04. The van der Waals surface area contributed by atoms with E-state index in [2.05, 4.69) is 5.16 Å². The van der Waals surface area contributed by atoms with Gasteiger partial charge in [-0.1, -0.05) is 5.16 Å². The number of carbonyl (C=O) groups is 1. The number of esters is 1. The van der Waals surface area contributed by atoms with Crippen LogP contribution in [0.4, 0.5) is 4.39 Å². The lowest BCUT2D eigenvalue weighted by atomic mass is 10.1. The van der Waals surface area contributed by atoms with Crippen LogP contribution in [-0.2, 0) is 4.74 Å². The van der Waals surface area contributed by atoms with Crippen LogP contribution in [0.2, 0.25) is 0 Å². The summed E-state index contributed by atoms with van der Waals surface area (Å²) in [5.41, 5.74) is 0.428. The van der Waals surface area contributed by atoms with E-state index < -0.39 is 11.8 Å². The zero-order valence-electron chi connectivity index (χ0n) is 9.03. The maximum absolute atomic E-state index is 13.5. The lowest BCUT2D eigenvalue weighted by Crippen LogP contribution is -2.07. The lowest BCUT2D eigenvalue weighted by molar-refractivity contribution is 0.0526. The maximum Gasteiger partial charge on any atom is 0.338 e. The minimum atomic E-state index is -0.624. The van der Waals surface area contributed by atoms with Crippen LogP contribution >= 0.6 is 0 Å². The second kappa shape index (κ2) is 5.25. The molecule has 0 fully saturated rings. The Labute approximate surface area is 92.3 Å². The Morgan fingerprint density at radius 2 is 2.25 bits per heavy atom. The van der Waals surface area contributed by atoms with Crippen LogP contribution in [0.5, 0.6) is 0 Å². The van der Waals surface area contributed by atoms with Gasteiger partial charge in [-0.05, 0) is 32.0 Å². The van der Waals surface area contributed by atoms with Crippen molar-refractivity contribution in [1.82, 2.24) is 0 Å². The van der Waals surface area contributed by atoms with Crippen LogP contribution in [-0.4, -0.2) is 23.5 Å². The molecule has 1 aromatic rings. The molecule has 16 heavy (non-hydrogen) atoms. The van der Waals surface area contributed by atoms with Crippen LogP contribution in [0.15, 0.2) is 23.4 Å². The van der Waals surface area contributed by atoms with Crippen LogP contribution in [0.1, 0.15) is 29.8 Å². The fourth-order valence-electron chi connectivity index (χ4n) is 1.20. The predicted octanol–water partition coefficient (Wildman–Crippen LogP) is 2.20. The molecule has 0 amide bonds. The molecule has 0 saturated heterocycles. The van der Waals surface area contributed by atoms with Gasteiger partial charge in [-0.3, -0.25) is 0 Å². The first-order valence-electron chi connectivity index (χ1n) is 4.75. The molecule has 86 valence electrons. The first-order valence-corrected chi connectivity index (χ1v) is 4.75. The molecule has 0 bridgehead atoms. The van der Waals surface area contributed by atoms with Crippen molar-refractivity contribution in [2.75, 3.05) is 6.61 Å². The Hall–Kier alpha value is -1.91. The molecule has 0 heterocycles. The zero-order valence-corrected chi connectivity index (χ0v) is 9.03. The van der Waals surface area contributed by atoms with E-state index >= 15 is 0 Å². The predicted molar refractivity (Wildman–Crippen MR) is 56.4 cm³/mol. The van der Waals surface area contributed by atoms with Gasteiger partial charge < -0.3 is 9.94 Å². The molecule has 0 radical (unpaired) electrons. The van der Waals surface area contributed by atoms with E-state index in [0.29, 0.717) is 0 Å². The summed E-state index contributed by atoms with van der Waals surface area (Å²) in [5, 5.41) is 11.4. The van der Waals surface area contributed by atoms with Crippen LogP contribution in [0, 0.1) is 5.82 Å². The molecule has 5 heteroatoms. The SMILES string of the molecule is CCOC(=O)c1ccc(/C(C)=N/O)c(F)c1. The molecular weight excluding hydrogens is 213 g/mol. The van der Waals surface area contributed by atoms with Crippen LogP contribution in [0.25, 0.3) is 0 Å². The Kier molecular flexibility index (Phi) is 3.99. The van der Waals surface area contributed by atoms with Crippen LogP contribution in [0.3, 0.4) is 0 Å². The molecular formula is C11H12FNO3. The fourth-order valence-corrected chi connectivity index (χ4v) is 1.20. The summed E-state index contributed by atoms with van der Waals surface area (Å²) in [6, 6.07) is 3.85. The number of ether oxygens (including phenoxy) is 1. The van der Waals surface area contributed by atoms with Crippen molar-refractivity contribution in [3.05, 3.63) is 35.1 Å². The van der Waals surface area contributed by atoms with E-state index in [1.807, 2.05) is 0 Å². The summed E-state index contributed by atoms with van der Waals surface area (Å²) < 4.78 is 18.2. The average molecular weight is 225 g/mol. The number of hydrogen-bond acceptors (Lipinski definition) is 4. The van der Waals surface area contributed by atoms with Gasteiger partial charge in [0.05, 0.1) is 17.9 Å². The molecule has 0 aliphatic heterocycles. The van der Waals surface area contributed by atoms with Crippen molar-refractivity contribution in [3.63, 3.8) is 0 Å². The Balaban J connectivity index is 3.04. The highest BCUT2D eigenvalue weighted by atomic mass is 19.1. The van der Waals surface area contributed by atoms with Crippen molar-refractivity contribution in [2.45, 2.75) is 13.8 Å². The van der Waals surface area contributed by atoms with Crippen molar-refractivity contribution >= 4 is 11.7 Å². The van der Waals surface area contributed by atoms with Crippen molar-refractivity contribution < 1.29 is 19.1 Å². The van der Waals surface area contributed by atoms with Gasteiger partial charge in [0, 0.05) is 5.56 Å².